The summed E-state index contributed by atoms with van der Waals surface area (Å²) in [6, 6.07) is 10.6. The topological polar surface area (TPSA) is 34.1 Å². The van der Waals surface area contributed by atoms with Crippen molar-refractivity contribution in [1.82, 2.24) is 10.3 Å². The molecule has 0 saturated carbocycles. The van der Waals surface area contributed by atoms with Crippen LogP contribution in [0.5, 0.6) is 5.88 Å². The zero-order valence-corrected chi connectivity index (χ0v) is 11.7. The molecule has 0 radical (unpaired) electrons. The van der Waals surface area contributed by atoms with Crippen LogP contribution in [-0.2, 0) is 13.1 Å². The van der Waals surface area contributed by atoms with E-state index in [-0.39, 0.29) is 0 Å². The number of methoxy groups -OCH3 is 1. The number of ether oxygens (including phenoxy) is 1. The van der Waals surface area contributed by atoms with Crippen LogP contribution >= 0.6 is 0 Å². The summed E-state index contributed by atoms with van der Waals surface area (Å²) in [5.74, 6) is 0.690. The van der Waals surface area contributed by atoms with Gasteiger partial charge in [0.1, 0.15) is 0 Å². The van der Waals surface area contributed by atoms with Crippen LogP contribution < -0.4 is 10.1 Å². The molecule has 0 saturated heterocycles. The number of nitrogens with one attached hydrogen (secondary N) is 1. The highest BCUT2D eigenvalue weighted by Gasteiger charge is 2.02. The summed E-state index contributed by atoms with van der Waals surface area (Å²) in [7, 11) is 1.65. The highest BCUT2D eigenvalue weighted by molar-refractivity contribution is 5.29. The van der Waals surface area contributed by atoms with E-state index >= 15 is 0 Å². The van der Waals surface area contributed by atoms with Gasteiger partial charge in [0.25, 0.3) is 0 Å². The van der Waals surface area contributed by atoms with Crippen LogP contribution in [0.1, 0.15) is 22.3 Å². The van der Waals surface area contributed by atoms with Crippen molar-refractivity contribution < 1.29 is 4.74 Å². The second-order valence-electron chi connectivity index (χ2n) is 4.77. The lowest BCUT2D eigenvalue weighted by molar-refractivity contribution is 0.390. The Morgan fingerprint density at radius 2 is 1.84 bits per heavy atom. The van der Waals surface area contributed by atoms with Crippen molar-refractivity contribution in [3.05, 3.63) is 58.8 Å². The number of nitrogens with zero attached hydrogens (tertiary/aromatic N) is 1. The second-order valence-corrected chi connectivity index (χ2v) is 4.77. The average molecular weight is 256 g/mol. The van der Waals surface area contributed by atoms with E-state index in [1.54, 1.807) is 13.3 Å². The molecule has 3 nitrogen and oxygen atoms in total. The molecule has 2 aromatic rings. The fraction of sp³-hybridized carbons (Fsp3) is 0.312. The monoisotopic (exact) mass is 256 g/mol. The van der Waals surface area contributed by atoms with Gasteiger partial charge in [-0.1, -0.05) is 35.4 Å². The zero-order valence-electron chi connectivity index (χ0n) is 11.7. The molecular formula is C16H20N2O. The third kappa shape index (κ3) is 3.80. The molecule has 0 amide bonds. The number of benzene rings is 1. The molecular weight excluding hydrogens is 236 g/mol. The number of rotatable bonds is 5. The van der Waals surface area contributed by atoms with Crippen molar-refractivity contribution in [3.63, 3.8) is 0 Å². The van der Waals surface area contributed by atoms with Crippen LogP contribution in [-0.4, -0.2) is 12.1 Å². The van der Waals surface area contributed by atoms with Gasteiger partial charge in [-0.05, 0) is 25.5 Å². The lowest BCUT2D eigenvalue weighted by Crippen LogP contribution is -2.14. The molecule has 0 aliphatic carbocycles. The third-order valence-corrected chi connectivity index (χ3v) is 2.97. The maximum Gasteiger partial charge on any atom is 0.217 e. The normalized spacial score (nSPS) is 10.5. The Kier molecular flexibility index (Phi) is 4.53. The van der Waals surface area contributed by atoms with Gasteiger partial charge >= 0.3 is 0 Å². The molecule has 100 valence electrons. The van der Waals surface area contributed by atoms with Gasteiger partial charge in [0.15, 0.2) is 0 Å². The lowest BCUT2D eigenvalue weighted by atomic mass is 10.1. The van der Waals surface area contributed by atoms with Crippen LogP contribution in [0.15, 0.2) is 36.5 Å². The summed E-state index contributed by atoms with van der Waals surface area (Å²) in [5, 5.41) is 3.43. The van der Waals surface area contributed by atoms with Crippen molar-refractivity contribution in [1.29, 1.82) is 0 Å². The predicted octanol–water partition coefficient (Wildman–Crippen LogP) is 3.00. The molecule has 1 N–H and O–H groups in total. The van der Waals surface area contributed by atoms with Crippen molar-refractivity contribution >= 4 is 0 Å². The maximum absolute atomic E-state index is 5.24. The van der Waals surface area contributed by atoms with Gasteiger partial charge in [-0.2, -0.15) is 0 Å². The van der Waals surface area contributed by atoms with Gasteiger partial charge in [-0.25, -0.2) is 4.98 Å². The molecule has 3 heteroatoms. The summed E-state index contributed by atoms with van der Waals surface area (Å²) in [6.45, 7) is 5.85. The minimum atomic E-state index is 0.690. The summed E-state index contributed by atoms with van der Waals surface area (Å²) in [6.07, 6.45) is 1.74. The summed E-state index contributed by atoms with van der Waals surface area (Å²) in [4.78, 5) is 4.19. The van der Waals surface area contributed by atoms with Crippen molar-refractivity contribution in [3.8, 4) is 5.88 Å². The fourth-order valence-corrected chi connectivity index (χ4v) is 2.26. The number of pyridine rings is 1. The quantitative estimate of drug-likeness (QED) is 0.893. The molecule has 1 aromatic heterocycles. The van der Waals surface area contributed by atoms with Gasteiger partial charge in [0.2, 0.25) is 5.88 Å². The summed E-state index contributed by atoms with van der Waals surface area (Å²) in [5.41, 5.74) is 4.99. The predicted molar refractivity (Wildman–Crippen MR) is 77.2 cm³/mol. The van der Waals surface area contributed by atoms with E-state index in [1.807, 2.05) is 12.1 Å². The van der Waals surface area contributed by atoms with E-state index in [0.717, 1.165) is 18.7 Å². The number of hydrogen-bond donors (Lipinski definition) is 1. The molecule has 0 atom stereocenters. The Bertz CT molecular complexity index is 532. The van der Waals surface area contributed by atoms with E-state index in [4.69, 9.17) is 4.74 Å². The van der Waals surface area contributed by atoms with Crippen molar-refractivity contribution in [2.45, 2.75) is 26.9 Å². The molecule has 0 aliphatic rings. The first-order valence-electron chi connectivity index (χ1n) is 6.45. The first kappa shape index (κ1) is 13.6. The van der Waals surface area contributed by atoms with Crippen LogP contribution in [0.2, 0.25) is 0 Å². The van der Waals surface area contributed by atoms with Gasteiger partial charge < -0.3 is 10.1 Å². The van der Waals surface area contributed by atoms with E-state index in [1.165, 1.54) is 16.7 Å². The fourth-order valence-electron chi connectivity index (χ4n) is 2.26. The third-order valence-electron chi connectivity index (χ3n) is 2.97. The van der Waals surface area contributed by atoms with Gasteiger partial charge in [-0.15, -0.1) is 0 Å². The first-order chi connectivity index (χ1) is 9.19. The highest BCUT2D eigenvalue weighted by Crippen LogP contribution is 2.13. The molecule has 19 heavy (non-hydrogen) atoms. The van der Waals surface area contributed by atoms with Crippen molar-refractivity contribution in [2.24, 2.45) is 0 Å². The Morgan fingerprint density at radius 1 is 1.11 bits per heavy atom. The molecule has 2 rings (SSSR count). The highest BCUT2D eigenvalue weighted by atomic mass is 16.5. The van der Waals surface area contributed by atoms with E-state index < -0.39 is 0 Å². The number of aryl methyl sites for hydroxylation is 2. The molecule has 0 aliphatic heterocycles. The van der Waals surface area contributed by atoms with Gasteiger partial charge in [-0.3, -0.25) is 0 Å². The van der Waals surface area contributed by atoms with Crippen molar-refractivity contribution in [2.75, 3.05) is 7.11 Å². The number of aromatic nitrogens is 1. The van der Waals surface area contributed by atoms with Crippen LogP contribution in [0.25, 0.3) is 0 Å². The molecule has 1 aromatic carbocycles. The smallest absolute Gasteiger partial charge is 0.217 e. The summed E-state index contributed by atoms with van der Waals surface area (Å²) < 4.78 is 5.24. The van der Waals surface area contributed by atoms with E-state index in [2.05, 4.69) is 42.3 Å². The molecule has 0 spiro atoms. The van der Waals surface area contributed by atoms with E-state index in [0.29, 0.717) is 5.88 Å². The minimum absolute atomic E-state index is 0.690. The molecule has 0 bridgehead atoms. The van der Waals surface area contributed by atoms with Crippen LogP contribution in [0.4, 0.5) is 0 Å². The Hall–Kier alpha value is -1.87. The molecule has 1 heterocycles. The standard InChI is InChI=1S/C16H20N2O/c1-12-7-13(2)9-14(8-12)10-17-11-15-5-4-6-18-16(15)19-3/h4-9,17H,10-11H2,1-3H3. The van der Waals surface area contributed by atoms with E-state index in [9.17, 15) is 0 Å². The SMILES string of the molecule is COc1ncccc1CNCc1cc(C)cc(C)c1. The lowest BCUT2D eigenvalue weighted by Gasteiger charge is -2.09. The second kappa shape index (κ2) is 6.34. The molecule has 0 unspecified atom stereocenters. The Labute approximate surface area is 114 Å². The van der Waals surface area contributed by atoms with Crippen LogP contribution in [0.3, 0.4) is 0 Å². The first-order valence-corrected chi connectivity index (χ1v) is 6.45. The van der Waals surface area contributed by atoms with Crippen LogP contribution in [0, 0.1) is 13.8 Å². The number of hydrogen-bond acceptors (Lipinski definition) is 3. The average Bonchev–Trinajstić information content (AvgIpc) is 2.38. The molecule has 0 fully saturated rings. The zero-order chi connectivity index (χ0) is 13.7. The summed E-state index contributed by atoms with van der Waals surface area (Å²) >= 11 is 0. The van der Waals surface area contributed by atoms with Gasteiger partial charge in [0, 0.05) is 24.8 Å². The maximum atomic E-state index is 5.24. The van der Waals surface area contributed by atoms with Gasteiger partial charge in [0.05, 0.1) is 7.11 Å². The largest absolute Gasteiger partial charge is 0.481 e. The Balaban J connectivity index is 1.96. The Morgan fingerprint density at radius 3 is 2.53 bits per heavy atom. The minimum Gasteiger partial charge on any atom is -0.481 e.